The fourth-order valence-electron chi connectivity index (χ4n) is 3.46. The SMILES string of the molecule is CN(C)Cc1cnc(CN2CCCC(c3nc4ccccc4o3)C2)s1. The van der Waals surface area contributed by atoms with Crippen LogP contribution in [0.3, 0.4) is 0 Å². The van der Waals surface area contributed by atoms with Crippen molar-refractivity contribution in [1.82, 2.24) is 19.8 Å². The molecule has 0 radical (unpaired) electrons. The quantitative estimate of drug-likeness (QED) is 0.697. The number of rotatable bonds is 5. The van der Waals surface area contributed by atoms with Crippen molar-refractivity contribution in [1.29, 1.82) is 0 Å². The maximum absolute atomic E-state index is 6.00. The van der Waals surface area contributed by atoms with Crippen LogP contribution in [0.25, 0.3) is 11.1 Å². The molecule has 0 aliphatic carbocycles. The van der Waals surface area contributed by atoms with Gasteiger partial charge < -0.3 is 9.32 Å². The molecule has 1 fully saturated rings. The van der Waals surface area contributed by atoms with Gasteiger partial charge in [0.2, 0.25) is 0 Å². The molecule has 132 valence electrons. The Morgan fingerprint density at radius 3 is 3.04 bits per heavy atom. The number of fused-ring (bicyclic) bond motifs is 1. The number of oxazole rings is 1. The lowest BCUT2D eigenvalue weighted by Crippen LogP contribution is -2.33. The number of nitrogens with zero attached hydrogens (tertiary/aromatic N) is 4. The number of aromatic nitrogens is 2. The second kappa shape index (κ2) is 7.23. The van der Waals surface area contributed by atoms with Gasteiger partial charge >= 0.3 is 0 Å². The molecular formula is C19H24N4OS. The van der Waals surface area contributed by atoms with Crippen LogP contribution in [0.4, 0.5) is 0 Å². The van der Waals surface area contributed by atoms with Crippen molar-refractivity contribution in [3.05, 3.63) is 46.2 Å². The summed E-state index contributed by atoms with van der Waals surface area (Å²) >= 11 is 1.82. The molecule has 3 aromatic rings. The minimum Gasteiger partial charge on any atom is -0.440 e. The van der Waals surface area contributed by atoms with Crippen LogP contribution in [-0.2, 0) is 13.1 Å². The van der Waals surface area contributed by atoms with E-state index in [4.69, 9.17) is 9.40 Å². The first-order chi connectivity index (χ1) is 12.2. The van der Waals surface area contributed by atoms with Crippen LogP contribution in [-0.4, -0.2) is 47.0 Å². The van der Waals surface area contributed by atoms with E-state index in [1.807, 2.05) is 41.8 Å². The first-order valence-electron chi connectivity index (χ1n) is 8.83. The zero-order valence-electron chi connectivity index (χ0n) is 14.8. The fraction of sp³-hybridized carbons (Fsp3) is 0.474. The van der Waals surface area contributed by atoms with Gasteiger partial charge in [-0.15, -0.1) is 11.3 Å². The molecule has 1 atom stereocenters. The van der Waals surface area contributed by atoms with E-state index in [1.165, 1.54) is 16.3 Å². The monoisotopic (exact) mass is 356 g/mol. The highest BCUT2D eigenvalue weighted by Crippen LogP contribution is 2.30. The number of para-hydroxylation sites is 2. The summed E-state index contributed by atoms with van der Waals surface area (Å²) in [4.78, 5) is 15.3. The highest BCUT2D eigenvalue weighted by Gasteiger charge is 2.26. The zero-order chi connectivity index (χ0) is 17.2. The van der Waals surface area contributed by atoms with Crippen molar-refractivity contribution in [2.45, 2.75) is 31.8 Å². The molecule has 3 heterocycles. The molecule has 0 saturated carbocycles. The van der Waals surface area contributed by atoms with E-state index in [0.717, 1.165) is 49.6 Å². The molecule has 1 unspecified atom stereocenters. The van der Waals surface area contributed by atoms with E-state index in [0.29, 0.717) is 5.92 Å². The Kier molecular flexibility index (Phi) is 4.83. The van der Waals surface area contributed by atoms with Crippen LogP contribution in [0, 0.1) is 0 Å². The van der Waals surface area contributed by atoms with Crippen molar-refractivity contribution >= 4 is 22.4 Å². The number of thiazole rings is 1. The summed E-state index contributed by atoms with van der Waals surface area (Å²) in [5, 5.41) is 1.20. The van der Waals surface area contributed by atoms with E-state index >= 15 is 0 Å². The van der Waals surface area contributed by atoms with Gasteiger partial charge in [-0.3, -0.25) is 4.90 Å². The van der Waals surface area contributed by atoms with Crippen molar-refractivity contribution < 1.29 is 4.42 Å². The third-order valence-electron chi connectivity index (χ3n) is 4.60. The van der Waals surface area contributed by atoms with Gasteiger partial charge in [0, 0.05) is 30.1 Å². The lowest BCUT2D eigenvalue weighted by Gasteiger charge is -2.30. The van der Waals surface area contributed by atoms with Crippen molar-refractivity contribution in [2.75, 3.05) is 27.2 Å². The van der Waals surface area contributed by atoms with E-state index < -0.39 is 0 Å². The predicted octanol–water partition coefficient (Wildman–Crippen LogP) is 3.73. The minimum absolute atomic E-state index is 0.377. The average molecular weight is 356 g/mol. The summed E-state index contributed by atoms with van der Waals surface area (Å²) < 4.78 is 6.00. The van der Waals surface area contributed by atoms with E-state index in [2.05, 4.69) is 28.9 Å². The molecule has 25 heavy (non-hydrogen) atoms. The molecule has 2 aromatic heterocycles. The summed E-state index contributed by atoms with van der Waals surface area (Å²) in [6, 6.07) is 8.02. The van der Waals surface area contributed by atoms with Crippen LogP contribution in [0.5, 0.6) is 0 Å². The Hall–Kier alpha value is -1.76. The topological polar surface area (TPSA) is 45.4 Å². The highest BCUT2D eigenvalue weighted by molar-refractivity contribution is 7.11. The summed E-state index contributed by atoms with van der Waals surface area (Å²) in [6.45, 7) is 4.01. The van der Waals surface area contributed by atoms with Gasteiger partial charge in [-0.25, -0.2) is 9.97 Å². The van der Waals surface area contributed by atoms with Gasteiger partial charge in [-0.05, 0) is 45.6 Å². The van der Waals surface area contributed by atoms with Crippen LogP contribution >= 0.6 is 11.3 Å². The molecule has 0 N–H and O–H groups in total. The van der Waals surface area contributed by atoms with E-state index in [1.54, 1.807) is 0 Å². The lowest BCUT2D eigenvalue weighted by atomic mass is 9.98. The maximum atomic E-state index is 6.00. The van der Waals surface area contributed by atoms with Crippen LogP contribution < -0.4 is 0 Å². The lowest BCUT2D eigenvalue weighted by molar-refractivity contribution is 0.187. The van der Waals surface area contributed by atoms with Crippen molar-refractivity contribution in [2.24, 2.45) is 0 Å². The molecule has 4 rings (SSSR count). The Bertz CT molecular complexity index is 808. The Morgan fingerprint density at radius 1 is 1.32 bits per heavy atom. The van der Waals surface area contributed by atoms with Gasteiger partial charge in [0.25, 0.3) is 0 Å². The smallest absolute Gasteiger partial charge is 0.199 e. The number of likely N-dealkylation sites (tertiary alicyclic amines) is 1. The fourth-order valence-corrected chi connectivity index (χ4v) is 4.55. The Labute approximate surface area is 152 Å². The first kappa shape index (κ1) is 16.7. The Morgan fingerprint density at radius 2 is 2.20 bits per heavy atom. The summed E-state index contributed by atoms with van der Waals surface area (Å²) in [6.07, 6.45) is 4.34. The second-order valence-corrected chi connectivity index (χ2v) is 8.25. The largest absolute Gasteiger partial charge is 0.440 e. The molecule has 1 aliphatic heterocycles. The first-order valence-corrected chi connectivity index (χ1v) is 9.65. The molecular weight excluding hydrogens is 332 g/mol. The van der Waals surface area contributed by atoms with E-state index in [9.17, 15) is 0 Å². The predicted molar refractivity (Wildman–Crippen MR) is 101 cm³/mol. The third-order valence-corrected chi connectivity index (χ3v) is 5.56. The zero-order valence-corrected chi connectivity index (χ0v) is 15.6. The average Bonchev–Trinajstić information content (AvgIpc) is 3.21. The normalized spacial score (nSPS) is 19.1. The minimum atomic E-state index is 0.377. The van der Waals surface area contributed by atoms with E-state index in [-0.39, 0.29) is 0 Å². The van der Waals surface area contributed by atoms with Crippen molar-refractivity contribution in [3.63, 3.8) is 0 Å². The molecule has 0 spiro atoms. The number of benzene rings is 1. The molecule has 0 bridgehead atoms. The Balaban J connectivity index is 1.43. The highest BCUT2D eigenvalue weighted by atomic mass is 32.1. The number of piperidine rings is 1. The second-order valence-electron chi connectivity index (χ2n) is 7.05. The van der Waals surface area contributed by atoms with Gasteiger partial charge in [0.15, 0.2) is 11.5 Å². The van der Waals surface area contributed by atoms with Gasteiger partial charge in [0.05, 0.1) is 6.54 Å². The van der Waals surface area contributed by atoms with Gasteiger partial charge in [0.1, 0.15) is 10.5 Å². The summed E-state index contributed by atoms with van der Waals surface area (Å²) in [5.74, 6) is 1.26. The molecule has 6 heteroatoms. The maximum Gasteiger partial charge on any atom is 0.199 e. The molecule has 1 aliphatic rings. The van der Waals surface area contributed by atoms with Gasteiger partial charge in [-0.1, -0.05) is 12.1 Å². The van der Waals surface area contributed by atoms with Gasteiger partial charge in [-0.2, -0.15) is 0 Å². The summed E-state index contributed by atoms with van der Waals surface area (Å²) in [7, 11) is 4.18. The molecule has 1 aromatic carbocycles. The van der Waals surface area contributed by atoms with Crippen LogP contribution in [0.2, 0.25) is 0 Å². The van der Waals surface area contributed by atoms with Crippen LogP contribution in [0.15, 0.2) is 34.9 Å². The third kappa shape index (κ3) is 3.92. The van der Waals surface area contributed by atoms with Crippen LogP contribution in [0.1, 0.15) is 34.5 Å². The number of hydrogen-bond donors (Lipinski definition) is 0. The number of hydrogen-bond acceptors (Lipinski definition) is 6. The van der Waals surface area contributed by atoms with Crippen molar-refractivity contribution in [3.8, 4) is 0 Å². The summed E-state index contributed by atoms with van der Waals surface area (Å²) in [5.41, 5.74) is 1.85. The molecule has 1 saturated heterocycles. The molecule has 5 nitrogen and oxygen atoms in total. The standard InChI is InChI=1S/C19H24N4OS/c1-22(2)12-15-10-20-18(25-15)13-23-9-5-6-14(11-23)19-21-16-7-3-4-8-17(16)24-19/h3-4,7-8,10,14H,5-6,9,11-13H2,1-2H3. The molecule has 0 amide bonds.